The lowest BCUT2D eigenvalue weighted by molar-refractivity contribution is -0.133. The molecule has 0 aliphatic carbocycles. The van der Waals surface area contributed by atoms with Gasteiger partial charge in [0.1, 0.15) is 5.82 Å². The second-order valence-electron chi connectivity index (χ2n) is 8.66. The van der Waals surface area contributed by atoms with Gasteiger partial charge in [0.2, 0.25) is 5.91 Å². The molecule has 2 aliphatic rings. The van der Waals surface area contributed by atoms with Crippen LogP contribution in [0.25, 0.3) is 11.4 Å². The van der Waals surface area contributed by atoms with Gasteiger partial charge in [0.05, 0.1) is 6.54 Å². The van der Waals surface area contributed by atoms with E-state index >= 15 is 0 Å². The van der Waals surface area contributed by atoms with Gasteiger partial charge in [-0.25, -0.2) is 4.98 Å². The number of nitrogens with one attached hydrogen (secondary N) is 1. The monoisotopic (exact) mass is 409 g/mol. The van der Waals surface area contributed by atoms with E-state index in [4.69, 9.17) is 0 Å². The van der Waals surface area contributed by atoms with Crippen LogP contribution >= 0.6 is 0 Å². The third-order valence-electron chi connectivity index (χ3n) is 6.57. The van der Waals surface area contributed by atoms with E-state index in [9.17, 15) is 4.79 Å². The molecule has 1 atom stereocenters. The summed E-state index contributed by atoms with van der Waals surface area (Å²) in [6.45, 7) is 8.41. The highest BCUT2D eigenvalue weighted by molar-refractivity contribution is 5.78. The first kappa shape index (κ1) is 21.1. The number of piperidine rings is 1. The summed E-state index contributed by atoms with van der Waals surface area (Å²) < 4.78 is 0. The number of hydrogen-bond donors (Lipinski definition) is 1. The molecule has 0 saturated carbocycles. The number of aromatic amines is 1. The molecule has 6 heteroatoms. The summed E-state index contributed by atoms with van der Waals surface area (Å²) >= 11 is 0. The quantitative estimate of drug-likeness (QED) is 0.795. The van der Waals surface area contributed by atoms with E-state index in [1.807, 2.05) is 24.4 Å². The van der Waals surface area contributed by atoms with Crippen LogP contribution in [-0.2, 0) is 11.3 Å². The zero-order valence-corrected chi connectivity index (χ0v) is 18.2. The predicted molar refractivity (Wildman–Crippen MR) is 120 cm³/mol. The lowest BCUT2D eigenvalue weighted by Crippen LogP contribution is -2.47. The van der Waals surface area contributed by atoms with Gasteiger partial charge >= 0.3 is 0 Å². The average Bonchev–Trinajstić information content (AvgIpc) is 3.12. The maximum absolute atomic E-state index is 13.0. The molecular formula is C24H35N5O. The highest BCUT2D eigenvalue weighted by atomic mass is 16.2. The number of carbonyl (C=O) groups is 1. The van der Waals surface area contributed by atoms with E-state index in [1.54, 1.807) is 0 Å². The first-order chi connectivity index (χ1) is 14.7. The van der Waals surface area contributed by atoms with Crippen molar-refractivity contribution in [1.29, 1.82) is 0 Å². The molecule has 1 N–H and O–H groups in total. The van der Waals surface area contributed by atoms with Crippen LogP contribution in [0.2, 0.25) is 0 Å². The number of imidazole rings is 1. The third kappa shape index (κ3) is 5.29. The van der Waals surface area contributed by atoms with E-state index in [-0.39, 0.29) is 0 Å². The fourth-order valence-corrected chi connectivity index (χ4v) is 4.81. The number of nitrogens with zero attached hydrogens (tertiary/aromatic N) is 4. The van der Waals surface area contributed by atoms with Crippen LogP contribution in [-0.4, -0.2) is 75.9 Å². The number of likely N-dealkylation sites (tertiary alicyclic amines) is 1. The van der Waals surface area contributed by atoms with Gasteiger partial charge in [0.25, 0.3) is 0 Å². The largest absolute Gasteiger partial charge is 0.341 e. The van der Waals surface area contributed by atoms with Crippen LogP contribution in [0, 0.1) is 0 Å². The molecule has 4 rings (SSSR count). The lowest BCUT2D eigenvalue weighted by Gasteiger charge is -2.36. The maximum atomic E-state index is 13.0. The SMILES string of the molecule is CCC1CCCCN1CC(=O)N1CCCN(Cc2cnc(-c3ccccc3)[nH]2)CC1. The van der Waals surface area contributed by atoms with Crippen LogP contribution in [0.15, 0.2) is 36.5 Å². The number of hydrogen-bond acceptors (Lipinski definition) is 4. The minimum Gasteiger partial charge on any atom is -0.341 e. The summed E-state index contributed by atoms with van der Waals surface area (Å²) in [4.78, 5) is 27.9. The zero-order valence-electron chi connectivity index (χ0n) is 18.2. The number of rotatable bonds is 6. The fourth-order valence-electron chi connectivity index (χ4n) is 4.81. The molecule has 0 spiro atoms. The summed E-state index contributed by atoms with van der Waals surface area (Å²) in [5.41, 5.74) is 2.24. The van der Waals surface area contributed by atoms with E-state index in [0.29, 0.717) is 18.5 Å². The average molecular weight is 410 g/mol. The Kier molecular flexibility index (Phi) is 7.18. The van der Waals surface area contributed by atoms with E-state index < -0.39 is 0 Å². The fraction of sp³-hybridized carbons (Fsp3) is 0.583. The van der Waals surface area contributed by atoms with Gasteiger partial charge in [-0.2, -0.15) is 0 Å². The van der Waals surface area contributed by atoms with Crippen molar-refractivity contribution < 1.29 is 4.79 Å². The molecule has 3 heterocycles. The van der Waals surface area contributed by atoms with Crippen molar-refractivity contribution in [3.63, 3.8) is 0 Å². The van der Waals surface area contributed by atoms with Crippen LogP contribution in [0.4, 0.5) is 0 Å². The lowest BCUT2D eigenvalue weighted by atomic mass is 10.00. The normalized spacial score (nSPS) is 21.5. The Balaban J connectivity index is 1.29. The Morgan fingerprint density at radius 3 is 2.77 bits per heavy atom. The van der Waals surface area contributed by atoms with Gasteiger partial charge in [0.15, 0.2) is 0 Å². The first-order valence-corrected chi connectivity index (χ1v) is 11.6. The zero-order chi connectivity index (χ0) is 20.8. The molecule has 30 heavy (non-hydrogen) atoms. The minimum absolute atomic E-state index is 0.310. The van der Waals surface area contributed by atoms with E-state index in [1.165, 1.54) is 19.3 Å². The smallest absolute Gasteiger partial charge is 0.236 e. The number of carbonyl (C=O) groups excluding carboxylic acids is 1. The Bertz CT molecular complexity index is 805. The Morgan fingerprint density at radius 2 is 1.93 bits per heavy atom. The maximum Gasteiger partial charge on any atom is 0.236 e. The predicted octanol–water partition coefficient (Wildman–Crippen LogP) is 3.38. The molecular weight excluding hydrogens is 374 g/mol. The van der Waals surface area contributed by atoms with Crippen molar-refractivity contribution in [2.24, 2.45) is 0 Å². The van der Waals surface area contributed by atoms with Gasteiger partial charge in [-0.3, -0.25) is 14.6 Å². The number of H-pyrrole nitrogens is 1. The van der Waals surface area contributed by atoms with Crippen molar-refractivity contribution in [1.82, 2.24) is 24.7 Å². The number of benzene rings is 1. The van der Waals surface area contributed by atoms with E-state index in [2.05, 4.69) is 43.7 Å². The van der Waals surface area contributed by atoms with Crippen molar-refractivity contribution in [2.75, 3.05) is 39.3 Å². The third-order valence-corrected chi connectivity index (χ3v) is 6.57. The van der Waals surface area contributed by atoms with Crippen molar-refractivity contribution >= 4 is 5.91 Å². The van der Waals surface area contributed by atoms with Gasteiger partial charge in [-0.1, -0.05) is 43.7 Å². The molecule has 0 bridgehead atoms. The van der Waals surface area contributed by atoms with Crippen molar-refractivity contribution in [3.8, 4) is 11.4 Å². The van der Waals surface area contributed by atoms with Gasteiger partial charge in [0, 0.05) is 56.2 Å². The second-order valence-corrected chi connectivity index (χ2v) is 8.66. The van der Waals surface area contributed by atoms with Crippen LogP contribution in [0.3, 0.4) is 0 Å². The first-order valence-electron chi connectivity index (χ1n) is 11.6. The topological polar surface area (TPSA) is 55.5 Å². The summed E-state index contributed by atoms with van der Waals surface area (Å²) in [5.74, 6) is 1.23. The van der Waals surface area contributed by atoms with Gasteiger partial charge < -0.3 is 9.88 Å². The molecule has 6 nitrogen and oxygen atoms in total. The molecule has 1 aromatic heterocycles. The standard InChI is InChI=1S/C24H35N5O/c1-2-22-11-6-7-13-29(22)19-23(30)28-14-8-12-27(15-16-28)18-21-17-25-24(26-21)20-9-4-3-5-10-20/h3-5,9-10,17,22H,2,6-8,11-16,18-19H2,1H3,(H,25,26). The molecule has 2 fully saturated rings. The van der Waals surface area contributed by atoms with Gasteiger partial charge in [-0.05, 0) is 32.2 Å². The Labute approximate surface area is 180 Å². The highest BCUT2D eigenvalue weighted by Gasteiger charge is 2.26. The molecule has 1 aromatic carbocycles. The Morgan fingerprint density at radius 1 is 1.07 bits per heavy atom. The minimum atomic E-state index is 0.310. The summed E-state index contributed by atoms with van der Waals surface area (Å²) in [7, 11) is 0. The number of amides is 1. The van der Waals surface area contributed by atoms with Gasteiger partial charge in [-0.15, -0.1) is 0 Å². The molecule has 1 unspecified atom stereocenters. The molecule has 2 aromatic rings. The van der Waals surface area contributed by atoms with Crippen LogP contribution in [0.1, 0.15) is 44.7 Å². The highest BCUT2D eigenvalue weighted by Crippen LogP contribution is 2.20. The Hall–Kier alpha value is -2.18. The van der Waals surface area contributed by atoms with Crippen molar-refractivity contribution in [2.45, 2.75) is 51.6 Å². The number of aromatic nitrogens is 2. The molecule has 0 radical (unpaired) electrons. The molecule has 1 amide bonds. The summed E-state index contributed by atoms with van der Waals surface area (Å²) in [6.07, 6.45) is 7.90. The molecule has 162 valence electrons. The molecule has 2 saturated heterocycles. The second kappa shape index (κ2) is 10.2. The molecule has 2 aliphatic heterocycles. The van der Waals surface area contributed by atoms with E-state index in [0.717, 1.165) is 69.2 Å². The summed E-state index contributed by atoms with van der Waals surface area (Å²) in [5, 5.41) is 0. The van der Waals surface area contributed by atoms with Crippen molar-refractivity contribution in [3.05, 3.63) is 42.2 Å². The van der Waals surface area contributed by atoms with Crippen LogP contribution < -0.4 is 0 Å². The van der Waals surface area contributed by atoms with Crippen LogP contribution in [0.5, 0.6) is 0 Å². The summed E-state index contributed by atoms with van der Waals surface area (Å²) in [6, 6.07) is 10.8.